The molecule has 0 saturated carbocycles. The van der Waals surface area contributed by atoms with Crippen LogP contribution < -0.4 is 4.31 Å². The van der Waals surface area contributed by atoms with Crippen LogP contribution in [0.3, 0.4) is 0 Å². The minimum Gasteiger partial charge on any atom is -0.343 e. The average molecular weight is 389 g/mol. The topological polar surface area (TPSA) is 57.7 Å². The van der Waals surface area contributed by atoms with Crippen molar-refractivity contribution in [2.75, 3.05) is 30.2 Å². The number of sulfonamides is 1. The highest BCUT2D eigenvalue weighted by molar-refractivity contribution is 9.10. The first-order valence-corrected chi connectivity index (χ1v) is 9.95. The van der Waals surface area contributed by atoms with Gasteiger partial charge in [0.2, 0.25) is 15.9 Å². The first kappa shape index (κ1) is 17.3. The Balaban J connectivity index is 2.15. The molecular weight excluding hydrogens is 368 g/mol. The van der Waals surface area contributed by atoms with E-state index < -0.39 is 10.0 Å². The summed E-state index contributed by atoms with van der Waals surface area (Å²) in [4.78, 5) is 13.9. The Morgan fingerprint density at radius 2 is 1.95 bits per heavy atom. The number of carbonyl (C=O) groups excluding carboxylic acids is 1. The SMILES string of the molecule is Cc1ccc(N(CCC(=O)N2CCCC2)S(C)(=O)=O)c(Br)c1. The summed E-state index contributed by atoms with van der Waals surface area (Å²) >= 11 is 3.41. The van der Waals surface area contributed by atoms with E-state index in [1.165, 1.54) is 10.6 Å². The fourth-order valence-electron chi connectivity index (χ4n) is 2.60. The quantitative estimate of drug-likeness (QED) is 0.778. The van der Waals surface area contributed by atoms with Gasteiger partial charge in [0.25, 0.3) is 0 Å². The molecule has 1 aliphatic heterocycles. The molecule has 122 valence electrons. The normalized spacial score (nSPS) is 15.1. The molecule has 0 radical (unpaired) electrons. The van der Waals surface area contributed by atoms with E-state index in [0.717, 1.165) is 31.5 Å². The Hall–Kier alpha value is -1.08. The van der Waals surface area contributed by atoms with Gasteiger partial charge in [-0.15, -0.1) is 0 Å². The van der Waals surface area contributed by atoms with Gasteiger partial charge >= 0.3 is 0 Å². The van der Waals surface area contributed by atoms with Crippen molar-refractivity contribution >= 4 is 37.5 Å². The maximum atomic E-state index is 12.1. The van der Waals surface area contributed by atoms with Crippen LogP contribution in [0.25, 0.3) is 0 Å². The lowest BCUT2D eigenvalue weighted by Crippen LogP contribution is -2.36. The third-order valence-corrected chi connectivity index (χ3v) is 5.57. The molecule has 1 aromatic rings. The summed E-state index contributed by atoms with van der Waals surface area (Å²) in [5.74, 6) is 0.0226. The number of aryl methyl sites for hydroxylation is 1. The van der Waals surface area contributed by atoms with E-state index in [1.807, 2.05) is 24.0 Å². The number of hydrogen-bond acceptors (Lipinski definition) is 3. The number of nitrogens with zero attached hydrogens (tertiary/aromatic N) is 2. The van der Waals surface area contributed by atoms with Crippen LogP contribution in [0.4, 0.5) is 5.69 Å². The van der Waals surface area contributed by atoms with Crippen molar-refractivity contribution in [1.82, 2.24) is 4.90 Å². The van der Waals surface area contributed by atoms with Crippen molar-refractivity contribution in [2.24, 2.45) is 0 Å². The number of halogens is 1. The monoisotopic (exact) mass is 388 g/mol. The lowest BCUT2D eigenvalue weighted by Gasteiger charge is -2.25. The van der Waals surface area contributed by atoms with Gasteiger partial charge in [0.15, 0.2) is 0 Å². The van der Waals surface area contributed by atoms with Gasteiger partial charge in [-0.3, -0.25) is 9.10 Å². The molecule has 1 saturated heterocycles. The summed E-state index contributed by atoms with van der Waals surface area (Å²) in [5, 5.41) is 0. The molecule has 1 amide bonds. The maximum Gasteiger partial charge on any atom is 0.232 e. The van der Waals surface area contributed by atoms with Crippen LogP contribution in [0.15, 0.2) is 22.7 Å². The molecule has 1 fully saturated rings. The largest absolute Gasteiger partial charge is 0.343 e. The highest BCUT2D eigenvalue weighted by Crippen LogP contribution is 2.29. The number of amides is 1. The number of hydrogen-bond donors (Lipinski definition) is 0. The molecule has 2 rings (SSSR count). The Bertz CT molecular complexity index is 655. The average Bonchev–Trinajstić information content (AvgIpc) is 2.93. The van der Waals surface area contributed by atoms with Gasteiger partial charge < -0.3 is 4.90 Å². The van der Waals surface area contributed by atoms with Crippen LogP contribution in [-0.2, 0) is 14.8 Å². The predicted octanol–water partition coefficient (Wildman–Crippen LogP) is 2.54. The molecular formula is C15H21BrN2O3S. The second-order valence-corrected chi connectivity index (χ2v) is 8.39. The molecule has 7 heteroatoms. The van der Waals surface area contributed by atoms with Gasteiger partial charge in [-0.2, -0.15) is 0 Å². The third kappa shape index (κ3) is 4.23. The Morgan fingerprint density at radius 1 is 1.32 bits per heavy atom. The summed E-state index contributed by atoms with van der Waals surface area (Å²) in [7, 11) is -3.44. The highest BCUT2D eigenvalue weighted by atomic mass is 79.9. The van der Waals surface area contributed by atoms with Crippen molar-refractivity contribution in [3.05, 3.63) is 28.2 Å². The van der Waals surface area contributed by atoms with Crippen LogP contribution in [0.2, 0.25) is 0 Å². The third-order valence-electron chi connectivity index (χ3n) is 3.76. The zero-order valence-electron chi connectivity index (χ0n) is 12.9. The van der Waals surface area contributed by atoms with Gasteiger partial charge in [-0.25, -0.2) is 8.42 Å². The number of carbonyl (C=O) groups is 1. The predicted molar refractivity (Wildman–Crippen MR) is 91.5 cm³/mol. The highest BCUT2D eigenvalue weighted by Gasteiger charge is 2.23. The Labute approximate surface area is 140 Å². The first-order valence-electron chi connectivity index (χ1n) is 7.30. The van der Waals surface area contributed by atoms with E-state index in [-0.39, 0.29) is 18.9 Å². The zero-order chi connectivity index (χ0) is 16.3. The van der Waals surface area contributed by atoms with Crippen molar-refractivity contribution in [1.29, 1.82) is 0 Å². The van der Waals surface area contributed by atoms with Crippen LogP contribution in [-0.4, -0.2) is 45.1 Å². The molecule has 0 aliphatic carbocycles. The molecule has 0 aromatic heterocycles. The number of likely N-dealkylation sites (tertiary alicyclic amines) is 1. The van der Waals surface area contributed by atoms with E-state index >= 15 is 0 Å². The van der Waals surface area contributed by atoms with Gasteiger partial charge in [0, 0.05) is 30.5 Å². The van der Waals surface area contributed by atoms with Crippen LogP contribution >= 0.6 is 15.9 Å². The lowest BCUT2D eigenvalue weighted by molar-refractivity contribution is -0.129. The molecule has 0 unspecified atom stereocenters. The standard InChI is InChI=1S/C15H21BrN2O3S/c1-12-5-6-14(13(16)11-12)18(22(2,20)21)10-7-15(19)17-8-3-4-9-17/h5-6,11H,3-4,7-10H2,1-2H3. The number of anilines is 1. The fourth-order valence-corrected chi connectivity index (χ4v) is 4.37. The molecule has 0 N–H and O–H groups in total. The Kier molecular flexibility index (Phi) is 5.50. The fraction of sp³-hybridized carbons (Fsp3) is 0.533. The van der Waals surface area contributed by atoms with Crippen molar-refractivity contribution < 1.29 is 13.2 Å². The smallest absolute Gasteiger partial charge is 0.232 e. The molecule has 1 aromatic carbocycles. The minimum atomic E-state index is -3.44. The first-order chi connectivity index (χ1) is 10.3. The van der Waals surface area contributed by atoms with E-state index in [1.54, 1.807) is 6.07 Å². The van der Waals surface area contributed by atoms with E-state index in [2.05, 4.69) is 15.9 Å². The van der Waals surface area contributed by atoms with Crippen LogP contribution in [0, 0.1) is 6.92 Å². The summed E-state index contributed by atoms with van der Waals surface area (Å²) in [5.41, 5.74) is 1.61. The number of benzene rings is 1. The van der Waals surface area contributed by atoms with Crippen molar-refractivity contribution in [3.8, 4) is 0 Å². The molecule has 1 aliphatic rings. The molecule has 5 nitrogen and oxygen atoms in total. The second-order valence-electron chi connectivity index (χ2n) is 5.63. The van der Waals surface area contributed by atoms with E-state index in [4.69, 9.17) is 0 Å². The van der Waals surface area contributed by atoms with Crippen molar-refractivity contribution in [2.45, 2.75) is 26.2 Å². The molecule has 22 heavy (non-hydrogen) atoms. The number of rotatable bonds is 5. The minimum absolute atomic E-state index is 0.0226. The summed E-state index contributed by atoms with van der Waals surface area (Å²) in [6.45, 7) is 3.67. The van der Waals surface area contributed by atoms with E-state index in [0.29, 0.717) is 10.2 Å². The van der Waals surface area contributed by atoms with Gasteiger partial charge in [0.1, 0.15) is 0 Å². The molecule has 0 spiro atoms. The molecule has 0 bridgehead atoms. The summed E-state index contributed by atoms with van der Waals surface area (Å²) in [6, 6.07) is 5.50. The van der Waals surface area contributed by atoms with Gasteiger partial charge in [-0.05, 0) is 53.4 Å². The molecule has 0 atom stereocenters. The maximum absolute atomic E-state index is 12.1. The van der Waals surface area contributed by atoms with E-state index in [9.17, 15) is 13.2 Å². The second kappa shape index (κ2) is 7.00. The van der Waals surface area contributed by atoms with Gasteiger partial charge in [0.05, 0.1) is 11.9 Å². The zero-order valence-corrected chi connectivity index (χ0v) is 15.3. The summed E-state index contributed by atoms with van der Waals surface area (Å²) < 4.78 is 26.2. The van der Waals surface area contributed by atoms with Crippen LogP contribution in [0.5, 0.6) is 0 Å². The lowest BCUT2D eigenvalue weighted by atomic mass is 10.2. The van der Waals surface area contributed by atoms with Crippen LogP contribution in [0.1, 0.15) is 24.8 Å². The van der Waals surface area contributed by atoms with Crippen molar-refractivity contribution in [3.63, 3.8) is 0 Å². The summed E-state index contributed by atoms with van der Waals surface area (Å²) in [6.07, 6.45) is 3.43. The molecule has 1 heterocycles. The Morgan fingerprint density at radius 3 is 2.50 bits per heavy atom. The van der Waals surface area contributed by atoms with Gasteiger partial charge in [-0.1, -0.05) is 6.07 Å².